The summed E-state index contributed by atoms with van der Waals surface area (Å²) >= 11 is -4.29. The third kappa shape index (κ3) is 3.82. The number of ether oxygens (including phenoxy) is 1. The summed E-state index contributed by atoms with van der Waals surface area (Å²) in [5.41, 5.74) is 0. The van der Waals surface area contributed by atoms with E-state index in [4.69, 9.17) is 4.74 Å². The summed E-state index contributed by atoms with van der Waals surface area (Å²) in [4.78, 5) is 0. The predicted molar refractivity (Wildman–Crippen MR) is 90.2 cm³/mol. The number of halogens is 8. The molecule has 0 saturated heterocycles. The lowest BCUT2D eigenvalue weighted by Gasteiger charge is -2.19. The molecule has 0 unspecified atom stereocenters. The molecule has 150 valence electrons. The van der Waals surface area contributed by atoms with Gasteiger partial charge in [-0.1, -0.05) is 0 Å². The van der Waals surface area contributed by atoms with Crippen LogP contribution in [0.15, 0.2) is 36.4 Å². The fraction of sp³-hybridized carbons (Fsp3) is 0.0526. The van der Waals surface area contributed by atoms with Crippen molar-refractivity contribution in [2.24, 2.45) is 0 Å². The van der Waals surface area contributed by atoms with Crippen molar-refractivity contribution in [3.8, 4) is 5.75 Å². The van der Waals surface area contributed by atoms with Crippen molar-refractivity contribution in [1.29, 1.82) is 0 Å². The fourth-order valence-electron chi connectivity index (χ4n) is 3.06. The molecule has 3 aromatic rings. The molecular formula is C19H9AlF8O. The van der Waals surface area contributed by atoms with Crippen LogP contribution in [0, 0.1) is 46.5 Å². The summed E-state index contributed by atoms with van der Waals surface area (Å²) in [5, 5.41) is 0. The summed E-state index contributed by atoms with van der Waals surface area (Å²) < 4.78 is 116. The van der Waals surface area contributed by atoms with Gasteiger partial charge in [-0.15, -0.1) is 0 Å². The zero-order valence-corrected chi connectivity index (χ0v) is 15.6. The van der Waals surface area contributed by atoms with E-state index < -0.39 is 79.7 Å². The van der Waals surface area contributed by atoms with E-state index in [1.54, 1.807) is 0 Å². The van der Waals surface area contributed by atoms with Crippen molar-refractivity contribution in [2.75, 3.05) is 7.11 Å². The van der Waals surface area contributed by atoms with Crippen molar-refractivity contribution >= 4 is 27.4 Å². The zero-order valence-electron chi connectivity index (χ0n) is 14.5. The Kier molecular flexibility index (Phi) is 5.87. The third-order valence-corrected chi connectivity index (χ3v) is 7.63. The van der Waals surface area contributed by atoms with E-state index in [1.165, 1.54) is 0 Å². The Bertz CT molecular complexity index is 998. The van der Waals surface area contributed by atoms with Gasteiger partial charge in [0.2, 0.25) is 0 Å². The predicted octanol–water partition coefficient (Wildman–Crippen LogP) is 3.32. The normalized spacial score (nSPS) is 10.9. The first kappa shape index (κ1) is 21.1. The van der Waals surface area contributed by atoms with Crippen LogP contribution in [0.5, 0.6) is 5.75 Å². The number of benzene rings is 3. The molecule has 0 amide bonds. The van der Waals surface area contributed by atoms with Crippen LogP contribution in [0.4, 0.5) is 35.1 Å². The van der Waals surface area contributed by atoms with Crippen LogP contribution in [0.3, 0.4) is 0 Å². The average molecular weight is 432 g/mol. The summed E-state index contributed by atoms with van der Waals surface area (Å²) in [6, 6.07) is 2.42. The summed E-state index contributed by atoms with van der Waals surface area (Å²) in [7, 11) is 1.02. The maximum atomic E-state index is 14.9. The molecule has 0 atom stereocenters. The minimum Gasteiger partial charge on any atom is -0.494 e. The molecular weight excluding hydrogens is 423 g/mol. The molecule has 1 nitrogen and oxygen atoms in total. The lowest BCUT2D eigenvalue weighted by Crippen LogP contribution is -2.59. The van der Waals surface area contributed by atoms with Crippen molar-refractivity contribution in [2.45, 2.75) is 0 Å². The minimum atomic E-state index is -4.29. The summed E-state index contributed by atoms with van der Waals surface area (Å²) in [5.74, 6) is -12.4. The van der Waals surface area contributed by atoms with Crippen molar-refractivity contribution in [1.82, 2.24) is 0 Å². The van der Waals surface area contributed by atoms with Gasteiger partial charge in [0.15, 0.2) is 11.6 Å². The van der Waals surface area contributed by atoms with Crippen LogP contribution in [-0.4, -0.2) is 21.3 Å². The van der Waals surface area contributed by atoms with Gasteiger partial charge in [0.1, 0.15) is 40.7 Å². The van der Waals surface area contributed by atoms with Crippen LogP contribution in [0.2, 0.25) is 0 Å². The standard InChI is InChI=1S/C7H5F2O.2C6H2F3.Al/c1-10-7-3-2-5(8)4-6(7)9;2*7-4-1-5(8)3-6(9)2-4;/h2-3H,1H3;2*1-2H;. The molecule has 0 aliphatic heterocycles. The van der Waals surface area contributed by atoms with E-state index in [1.807, 2.05) is 0 Å². The van der Waals surface area contributed by atoms with E-state index >= 15 is 0 Å². The fourth-order valence-corrected chi connectivity index (χ4v) is 6.13. The van der Waals surface area contributed by atoms with Crippen LogP contribution in [0.25, 0.3) is 0 Å². The molecule has 0 radical (unpaired) electrons. The number of methoxy groups -OCH3 is 1. The van der Waals surface area contributed by atoms with Gasteiger partial charge in [-0.05, 0) is 25.4 Å². The molecule has 0 heterocycles. The van der Waals surface area contributed by atoms with Crippen LogP contribution in [-0.2, 0) is 0 Å². The SMILES string of the molecule is COc1ccc(F)[c]([Al]([c]2c(F)cc(F)cc2F)[c]2c(F)cc(F)cc2F)c1F. The first-order valence-electron chi connectivity index (χ1n) is 7.96. The number of hydrogen-bond acceptors (Lipinski definition) is 1. The van der Waals surface area contributed by atoms with Gasteiger partial charge >= 0.3 is 14.1 Å². The van der Waals surface area contributed by atoms with Crippen molar-refractivity contribution in [3.05, 3.63) is 82.9 Å². The second-order valence-electron chi connectivity index (χ2n) is 5.98. The van der Waals surface area contributed by atoms with E-state index in [2.05, 4.69) is 0 Å². The van der Waals surface area contributed by atoms with E-state index in [0.717, 1.165) is 13.2 Å². The second kappa shape index (κ2) is 8.05. The highest BCUT2D eigenvalue weighted by Crippen LogP contribution is 2.19. The molecule has 29 heavy (non-hydrogen) atoms. The second-order valence-corrected chi connectivity index (χ2v) is 8.57. The smallest absolute Gasteiger partial charge is 0.412 e. The van der Waals surface area contributed by atoms with Crippen LogP contribution >= 0.6 is 0 Å². The quantitative estimate of drug-likeness (QED) is 0.454. The highest BCUT2D eigenvalue weighted by Gasteiger charge is 2.41. The monoisotopic (exact) mass is 432 g/mol. The summed E-state index contributed by atoms with van der Waals surface area (Å²) in [6.45, 7) is 0. The Labute approximate surface area is 163 Å². The minimum absolute atomic E-state index is 0.216. The van der Waals surface area contributed by atoms with Gasteiger partial charge in [0.05, 0.1) is 7.11 Å². The largest absolute Gasteiger partial charge is 0.494 e. The van der Waals surface area contributed by atoms with Gasteiger partial charge in [0, 0.05) is 24.3 Å². The number of rotatable bonds is 4. The first-order chi connectivity index (χ1) is 13.6. The molecule has 0 N–H and O–H groups in total. The Balaban J connectivity index is 2.47. The number of hydrogen-bond donors (Lipinski definition) is 0. The Morgan fingerprint density at radius 1 is 0.586 bits per heavy atom. The van der Waals surface area contributed by atoms with Crippen LogP contribution in [0.1, 0.15) is 0 Å². The maximum absolute atomic E-state index is 14.9. The highest BCUT2D eigenvalue weighted by molar-refractivity contribution is 6.95. The Hall–Kier alpha value is -2.57. The average Bonchev–Trinajstić information content (AvgIpc) is 2.59. The topological polar surface area (TPSA) is 9.23 Å². The molecule has 0 saturated carbocycles. The highest BCUT2D eigenvalue weighted by atomic mass is 27.2. The Morgan fingerprint density at radius 2 is 1.00 bits per heavy atom. The molecule has 0 fully saturated rings. The summed E-state index contributed by atoms with van der Waals surface area (Å²) in [6.07, 6.45) is 0. The molecule has 0 bridgehead atoms. The van der Waals surface area contributed by atoms with E-state index in [-0.39, 0.29) is 24.3 Å². The van der Waals surface area contributed by atoms with E-state index in [0.29, 0.717) is 6.07 Å². The molecule has 3 aromatic carbocycles. The molecule has 3 rings (SSSR count). The van der Waals surface area contributed by atoms with Gasteiger partial charge in [-0.2, -0.15) is 0 Å². The van der Waals surface area contributed by atoms with Crippen molar-refractivity contribution in [3.63, 3.8) is 0 Å². The molecule has 0 aliphatic carbocycles. The lowest BCUT2D eigenvalue weighted by atomic mass is 10.3. The van der Waals surface area contributed by atoms with Gasteiger partial charge in [-0.25, -0.2) is 35.1 Å². The van der Waals surface area contributed by atoms with Gasteiger partial charge in [0.25, 0.3) is 0 Å². The van der Waals surface area contributed by atoms with Crippen LogP contribution < -0.4 is 18.0 Å². The molecule has 10 heteroatoms. The van der Waals surface area contributed by atoms with Gasteiger partial charge in [-0.3, -0.25) is 0 Å². The molecule has 0 aromatic heterocycles. The molecule has 0 aliphatic rings. The maximum Gasteiger partial charge on any atom is 0.412 e. The molecule has 0 spiro atoms. The van der Waals surface area contributed by atoms with E-state index in [9.17, 15) is 35.1 Å². The first-order valence-corrected chi connectivity index (χ1v) is 9.69. The Morgan fingerprint density at radius 3 is 1.38 bits per heavy atom. The lowest BCUT2D eigenvalue weighted by molar-refractivity contribution is 0.386. The van der Waals surface area contributed by atoms with Crippen molar-refractivity contribution < 1.29 is 39.9 Å². The van der Waals surface area contributed by atoms with Gasteiger partial charge < -0.3 is 4.74 Å². The third-order valence-electron chi connectivity index (χ3n) is 4.26. The zero-order chi connectivity index (χ0) is 21.5.